The third kappa shape index (κ3) is 5.54. The molecule has 13 aromatic rings. The van der Waals surface area contributed by atoms with Gasteiger partial charge in [-0.1, -0.05) is 188 Å². The first-order valence-electron chi connectivity index (χ1n) is 23.5. The van der Waals surface area contributed by atoms with Gasteiger partial charge in [-0.25, -0.2) is 0 Å². The Kier molecular flexibility index (Phi) is 8.50. The highest BCUT2D eigenvalue weighted by atomic mass is 15.1. The van der Waals surface area contributed by atoms with Gasteiger partial charge in [-0.2, -0.15) is 0 Å². The van der Waals surface area contributed by atoms with Crippen LogP contribution in [0.2, 0.25) is 0 Å². The van der Waals surface area contributed by atoms with Crippen molar-refractivity contribution in [3.63, 3.8) is 0 Å². The standard InChI is InChI=1S/C65H43N3/c1-5-20-45(21-6-1)65(46-22-7-2-8-23-46)59-41-49(34-38-53(59)58-37-33-44-19-13-14-28-52(44)64(58)65)66(50-35-39-56-54-29-15-17-31-60(54)67(62(56)42-50)47-24-9-3-10-25-47)51-36-40-57-55-30-16-18-32-61(55)68(63(57)43-51)48-26-11-4-12-27-48/h1-43H. The van der Waals surface area contributed by atoms with Crippen molar-refractivity contribution in [1.82, 2.24) is 9.13 Å². The predicted octanol–water partition coefficient (Wildman–Crippen LogP) is 16.9. The number of rotatable bonds is 7. The average molecular weight is 866 g/mol. The number of nitrogens with zero attached hydrogens (tertiary/aromatic N) is 3. The molecule has 0 unspecified atom stereocenters. The molecule has 3 heteroatoms. The van der Waals surface area contributed by atoms with Gasteiger partial charge in [0.05, 0.1) is 27.5 Å². The Morgan fingerprint density at radius 1 is 0.294 bits per heavy atom. The summed E-state index contributed by atoms with van der Waals surface area (Å²) in [5.41, 5.74) is 17.2. The molecule has 0 bridgehead atoms. The SMILES string of the molecule is c1ccc(-n2c3ccccc3c3ccc(N(c4ccc5c(c4)C(c4ccccc4)(c4ccccc4)c4c-5ccc5ccccc45)c4ccc5c6ccccc6n(-c6ccccc6)c5c4)cc32)cc1. The molecule has 0 saturated carbocycles. The molecule has 0 fully saturated rings. The van der Waals surface area contributed by atoms with Crippen LogP contribution in [0.1, 0.15) is 22.3 Å². The van der Waals surface area contributed by atoms with Gasteiger partial charge < -0.3 is 14.0 Å². The number of hydrogen-bond acceptors (Lipinski definition) is 1. The lowest BCUT2D eigenvalue weighted by Gasteiger charge is -2.35. The topological polar surface area (TPSA) is 13.1 Å². The molecule has 1 aliphatic carbocycles. The molecule has 0 aliphatic heterocycles. The van der Waals surface area contributed by atoms with Crippen LogP contribution in [0.15, 0.2) is 261 Å². The van der Waals surface area contributed by atoms with Gasteiger partial charge in [-0.15, -0.1) is 0 Å². The number of anilines is 3. The van der Waals surface area contributed by atoms with Crippen molar-refractivity contribution in [3.05, 3.63) is 283 Å². The summed E-state index contributed by atoms with van der Waals surface area (Å²) in [5.74, 6) is 0. The average Bonchev–Trinajstić information content (AvgIpc) is 4.03. The lowest BCUT2D eigenvalue weighted by atomic mass is 9.66. The minimum atomic E-state index is -0.608. The molecule has 0 atom stereocenters. The Morgan fingerprint density at radius 3 is 1.25 bits per heavy atom. The predicted molar refractivity (Wildman–Crippen MR) is 285 cm³/mol. The number of fused-ring (bicyclic) bond motifs is 11. The largest absolute Gasteiger partial charge is 0.310 e. The third-order valence-corrected chi connectivity index (χ3v) is 14.5. The molecule has 2 heterocycles. The van der Waals surface area contributed by atoms with E-state index in [1.165, 1.54) is 76.7 Å². The van der Waals surface area contributed by atoms with Crippen LogP contribution < -0.4 is 4.90 Å². The third-order valence-electron chi connectivity index (χ3n) is 14.5. The smallest absolute Gasteiger partial charge is 0.0720 e. The number of aromatic nitrogens is 2. The first-order valence-corrected chi connectivity index (χ1v) is 23.5. The molecule has 0 saturated heterocycles. The molecule has 0 N–H and O–H groups in total. The lowest BCUT2D eigenvalue weighted by Crippen LogP contribution is -2.29. The van der Waals surface area contributed by atoms with Crippen molar-refractivity contribution in [2.45, 2.75) is 5.41 Å². The Hall–Kier alpha value is -8.92. The van der Waals surface area contributed by atoms with Gasteiger partial charge in [0.15, 0.2) is 0 Å². The summed E-state index contributed by atoms with van der Waals surface area (Å²) in [5, 5.41) is 7.41. The minimum Gasteiger partial charge on any atom is -0.310 e. The van der Waals surface area contributed by atoms with E-state index in [1.807, 2.05) is 0 Å². The molecular weight excluding hydrogens is 823 g/mol. The fourth-order valence-electron chi connectivity index (χ4n) is 11.7. The maximum absolute atomic E-state index is 2.50. The van der Waals surface area contributed by atoms with E-state index in [-0.39, 0.29) is 0 Å². The quantitative estimate of drug-likeness (QED) is 0.156. The second-order valence-electron chi connectivity index (χ2n) is 18.0. The first kappa shape index (κ1) is 38.4. The van der Waals surface area contributed by atoms with E-state index in [4.69, 9.17) is 0 Å². The Balaban J connectivity index is 1.09. The van der Waals surface area contributed by atoms with Crippen LogP contribution >= 0.6 is 0 Å². The fraction of sp³-hybridized carbons (Fsp3) is 0.0154. The molecule has 68 heavy (non-hydrogen) atoms. The Labute approximate surface area is 394 Å². The van der Waals surface area contributed by atoms with E-state index >= 15 is 0 Å². The van der Waals surface area contributed by atoms with E-state index in [1.54, 1.807) is 0 Å². The van der Waals surface area contributed by atoms with Crippen LogP contribution in [-0.2, 0) is 5.41 Å². The van der Waals surface area contributed by atoms with E-state index in [0.717, 1.165) is 39.5 Å². The summed E-state index contributed by atoms with van der Waals surface area (Å²) < 4.78 is 4.84. The Bertz CT molecular complexity index is 3880. The molecule has 0 spiro atoms. The minimum absolute atomic E-state index is 0.608. The number of para-hydroxylation sites is 4. The zero-order valence-electron chi connectivity index (χ0n) is 37.2. The molecule has 2 aromatic heterocycles. The summed E-state index contributed by atoms with van der Waals surface area (Å²) in [6, 6.07) is 96.3. The van der Waals surface area contributed by atoms with Gasteiger partial charge in [-0.05, 0) is 117 Å². The highest BCUT2D eigenvalue weighted by molar-refractivity contribution is 6.12. The van der Waals surface area contributed by atoms with E-state index in [2.05, 4.69) is 275 Å². The molecule has 11 aromatic carbocycles. The number of hydrogen-bond donors (Lipinski definition) is 0. The van der Waals surface area contributed by atoms with E-state index < -0.39 is 5.41 Å². The second kappa shape index (κ2) is 15.1. The summed E-state index contributed by atoms with van der Waals surface area (Å²) in [6.45, 7) is 0. The van der Waals surface area contributed by atoms with Crippen molar-refractivity contribution >= 4 is 71.4 Å². The Morgan fingerprint density at radius 2 is 0.706 bits per heavy atom. The van der Waals surface area contributed by atoms with Crippen LogP contribution in [0.5, 0.6) is 0 Å². The molecule has 0 amide bonds. The summed E-state index contributed by atoms with van der Waals surface area (Å²) in [4.78, 5) is 2.49. The van der Waals surface area contributed by atoms with Crippen molar-refractivity contribution < 1.29 is 0 Å². The normalized spacial score (nSPS) is 12.8. The van der Waals surface area contributed by atoms with Crippen LogP contribution in [-0.4, -0.2) is 9.13 Å². The van der Waals surface area contributed by atoms with Gasteiger partial charge >= 0.3 is 0 Å². The molecular formula is C65H43N3. The molecule has 318 valence electrons. The fourth-order valence-corrected chi connectivity index (χ4v) is 11.7. The van der Waals surface area contributed by atoms with Crippen molar-refractivity contribution in [2.75, 3.05) is 4.90 Å². The van der Waals surface area contributed by atoms with Crippen LogP contribution in [0, 0.1) is 0 Å². The van der Waals surface area contributed by atoms with Crippen molar-refractivity contribution in [2.24, 2.45) is 0 Å². The zero-order valence-corrected chi connectivity index (χ0v) is 37.2. The molecule has 14 rings (SSSR count). The van der Waals surface area contributed by atoms with Gasteiger partial charge in [0.2, 0.25) is 0 Å². The molecule has 3 nitrogen and oxygen atoms in total. The lowest BCUT2D eigenvalue weighted by molar-refractivity contribution is 0.775. The highest BCUT2D eigenvalue weighted by Gasteiger charge is 2.47. The second-order valence-corrected chi connectivity index (χ2v) is 18.0. The van der Waals surface area contributed by atoms with Crippen LogP contribution in [0.25, 0.3) is 76.9 Å². The summed E-state index contributed by atoms with van der Waals surface area (Å²) in [6.07, 6.45) is 0. The van der Waals surface area contributed by atoms with E-state index in [0.29, 0.717) is 0 Å². The summed E-state index contributed by atoms with van der Waals surface area (Å²) >= 11 is 0. The van der Waals surface area contributed by atoms with Crippen LogP contribution in [0.4, 0.5) is 17.1 Å². The maximum atomic E-state index is 2.50. The van der Waals surface area contributed by atoms with Crippen molar-refractivity contribution in [3.8, 4) is 22.5 Å². The van der Waals surface area contributed by atoms with Gasteiger partial charge in [0, 0.05) is 50.0 Å². The van der Waals surface area contributed by atoms with Gasteiger partial charge in [0.1, 0.15) is 0 Å². The van der Waals surface area contributed by atoms with Crippen LogP contribution in [0.3, 0.4) is 0 Å². The van der Waals surface area contributed by atoms with Gasteiger partial charge in [0.25, 0.3) is 0 Å². The monoisotopic (exact) mass is 865 g/mol. The maximum Gasteiger partial charge on any atom is 0.0720 e. The number of benzene rings is 11. The van der Waals surface area contributed by atoms with E-state index in [9.17, 15) is 0 Å². The highest BCUT2D eigenvalue weighted by Crippen LogP contribution is 2.59. The summed E-state index contributed by atoms with van der Waals surface area (Å²) in [7, 11) is 0. The van der Waals surface area contributed by atoms with Gasteiger partial charge in [-0.3, -0.25) is 0 Å². The molecule has 0 radical (unpaired) electrons. The first-order chi connectivity index (χ1) is 33.8. The zero-order chi connectivity index (χ0) is 44.8. The van der Waals surface area contributed by atoms with Crippen molar-refractivity contribution in [1.29, 1.82) is 0 Å². The molecule has 1 aliphatic rings.